The van der Waals surface area contributed by atoms with Crippen LogP contribution in [0.3, 0.4) is 0 Å². The number of phenolic OH excluding ortho intramolecular Hbond substituents is 1. The second-order valence-corrected chi connectivity index (χ2v) is 13.5. The molecule has 0 saturated heterocycles. The van der Waals surface area contributed by atoms with Gasteiger partial charge in [0.2, 0.25) is 0 Å². The number of para-hydroxylation sites is 1. The van der Waals surface area contributed by atoms with Crippen LogP contribution in [0.2, 0.25) is 0 Å². The molecule has 8 rings (SSSR count). The van der Waals surface area contributed by atoms with Crippen LogP contribution in [-0.4, -0.2) is 26.7 Å². The van der Waals surface area contributed by atoms with Crippen LogP contribution < -0.4 is 4.74 Å². The summed E-state index contributed by atoms with van der Waals surface area (Å²) >= 11 is 0. The predicted molar refractivity (Wildman–Crippen MR) is 206 cm³/mol. The van der Waals surface area contributed by atoms with Crippen LogP contribution >= 0.6 is 0 Å². The number of fused-ring (bicyclic) bond motifs is 4. The molecular weight excluding hydrogens is 627 g/mol. The molecule has 0 bridgehead atoms. The summed E-state index contributed by atoms with van der Waals surface area (Å²) in [6.07, 6.45) is 4.43. The molecule has 0 amide bonds. The molecule has 0 spiro atoms. The van der Waals surface area contributed by atoms with Gasteiger partial charge in [0.25, 0.3) is 0 Å². The number of benzene rings is 6. The van der Waals surface area contributed by atoms with Crippen molar-refractivity contribution in [3.05, 3.63) is 162 Å². The van der Waals surface area contributed by atoms with Gasteiger partial charge in [-0.1, -0.05) is 142 Å². The minimum atomic E-state index is -0.530. The third-order valence-corrected chi connectivity index (χ3v) is 10.4. The molecule has 0 saturated carbocycles. The molecule has 252 valence electrons. The highest BCUT2D eigenvalue weighted by Crippen LogP contribution is 2.57. The molecule has 1 atom stereocenters. The fourth-order valence-electron chi connectivity index (χ4n) is 7.74. The molecule has 7 aromatic rings. The fraction of sp³-hybridized carbons (Fsp3) is 0.196. The molecule has 1 N–H and O–H groups in total. The van der Waals surface area contributed by atoms with Gasteiger partial charge in [0, 0.05) is 5.56 Å². The molecule has 51 heavy (non-hydrogen) atoms. The second-order valence-electron chi connectivity index (χ2n) is 13.5. The van der Waals surface area contributed by atoms with E-state index in [9.17, 15) is 5.11 Å². The van der Waals surface area contributed by atoms with Gasteiger partial charge in [0.15, 0.2) is 11.6 Å². The van der Waals surface area contributed by atoms with Gasteiger partial charge < -0.3 is 9.84 Å². The highest BCUT2D eigenvalue weighted by molar-refractivity contribution is 5.96. The van der Waals surface area contributed by atoms with E-state index in [-0.39, 0.29) is 11.8 Å². The van der Waals surface area contributed by atoms with Gasteiger partial charge in [-0.15, -0.1) is 0 Å². The Kier molecular flexibility index (Phi) is 8.79. The summed E-state index contributed by atoms with van der Waals surface area (Å²) < 4.78 is 6.32. The summed E-state index contributed by atoms with van der Waals surface area (Å²) in [6.45, 7) is 4.94. The number of aromatic nitrogens is 3. The van der Waals surface area contributed by atoms with Gasteiger partial charge in [-0.25, -0.2) is 4.98 Å². The van der Waals surface area contributed by atoms with E-state index in [0.29, 0.717) is 29.7 Å². The Bertz CT molecular complexity index is 2280. The van der Waals surface area contributed by atoms with E-state index in [1.54, 1.807) is 12.1 Å². The maximum absolute atomic E-state index is 10.8. The summed E-state index contributed by atoms with van der Waals surface area (Å²) in [7, 11) is 0. The van der Waals surface area contributed by atoms with Crippen LogP contribution in [0.5, 0.6) is 11.8 Å². The first-order chi connectivity index (χ1) is 25.1. The number of ether oxygens (including phenoxy) is 1. The molecule has 1 aliphatic rings. The molecular formula is C46H41N3O2. The molecule has 0 fully saturated rings. The van der Waals surface area contributed by atoms with Gasteiger partial charge in [-0.3, -0.25) is 0 Å². The number of hydrogen-bond acceptors (Lipinski definition) is 5. The topological polar surface area (TPSA) is 68.1 Å². The summed E-state index contributed by atoms with van der Waals surface area (Å²) in [5, 5.41) is 13.2. The lowest BCUT2D eigenvalue weighted by Gasteiger charge is -2.34. The molecule has 1 aliphatic carbocycles. The van der Waals surface area contributed by atoms with Gasteiger partial charge in [0.05, 0.1) is 17.6 Å². The smallest absolute Gasteiger partial charge is 0.320 e. The summed E-state index contributed by atoms with van der Waals surface area (Å²) in [6, 6.07) is 49.0. The van der Waals surface area contributed by atoms with Crippen LogP contribution in [0.1, 0.15) is 61.8 Å². The summed E-state index contributed by atoms with van der Waals surface area (Å²) in [5.74, 6) is 1.40. The van der Waals surface area contributed by atoms with Crippen molar-refractivity contribution in [2.45, 2.75) is 44.9 Å². The standard InChI is InChI=1S/C46H41N3O2/c1-3-5-16-31(4-2)30-51-45-48-43(47-44(49-45)37-23-14-15-24-42(37)50)34-25-26-40-38(28-34)39-27-32-17-12-13-18-33(32)29-41(39)46(40,35-19-8-6-9-20-35)36-21-10-7-11-22-36/h6-15,17-29,31,50H,3-5,16,30H2,1-2H3. The molecule has 0 aliphatic heterocycles. The average Bonchev–Trinajstić information content (AvgIpc) is 3.47. The quantitative estimate of drug-likeness (QED) is 0.149. The highest BCUT2D eigenvalue weighted by Gasteiger charge is 2.46. The third-order valence-electron chi connectivity index (χ3n) is 10.4. The maximum Gasteiger partial charge on any atom is 0.320 e. The van der Waals surface area contributed by atoms with Gasteiger partial charge in [0.1, 0.15) is 5.75 Å². The highest BCUT2D eigenvalue weighted by atomic mass is 16.5. The van der Waals surface area contributed by atoms with Gasteiger partial charge in [-0.2, -0.15) is 9.97 Å². The first kappa shape index (κ1) is 32.4. The lowest BCUT2D eigenvalue weighted by atomic mass is 9.67. The molecule has 5 heteroatoms. The molecule has 0 radical (unpaired) electrons. The second kappa shape index (κ2) is 13.8. The Morgan fingerprint density at radius 2 is 1.24 bits per heavy atom. The van der Waals surface area contributed by atoms with E-state index in [4.69, 9.17) is 19.7 Å². The molecule has 1 aromatic heterocycles. The minimum absolute atomic E-state index is 0.111. The predicted octanol–water partition coefficient (Wildman–Crippen LogP) is 11.0. The zero-order chi connectivity index (χ0) is 34.8. The number of hydrogen-bond donors (Lipinski definition) is 1. The van der Waals surface area contributed by atoms with Crippen molar-refractivity contribution in [1.82, 2.24) is 15.0 Å². The van der Waals surface area contributed by atoms with Crippen LogP contribution in [0, 0.1) is 5.92 Å². The Morgan fingerprint density at radius 3 is 1.92 bits per heavy atom. The lowest BCUT2D eigenvalue weighted by molar-refractivity contribution is 0.217. The first-order valence-corrected chi connectivity index (χ1v) is 18.1. The van der Waals surface area contributed by atoms with Crippen molar-refractivity contribution >= 4 is 10.8 Å². The summed E-state index contributed by atoms with van der Waals surface area (Å²) in [5.41, 5.74) is 8.07. The van der Waals surface area contributed by atoms with E-state index < -0.39 is 5.41 Å². The van der Waals surface area contributed by atoms with Crippen LogP contribution in [-0.2, 0) is 5.41 Å². The Labute approximate surface area is 299 Å². The normalized spacial score (nSPS) is 13.5. The van der Waals surface area contributed by atoms with Crippen molar-refractivity contribution in [3.8, 4) is 45.7 Å². The number of unbranched alkanes of at least 4 members (excludes halogenated alkanes) is 1. The van der Waals surface area contributed by atoms with E-state index in [2.05, 4.69) is 129 Å². The van der Waals surface area contributed by atoms with Crippen molar-refractivity contribution in [2.24, 2.45) is 5.92 Å². The van der Waals surface area contributed by atoms with Crippen molar-refractivity contribution in [3.63, 3.8) is 0 Å². The largest absolute Gasteiger partial charge is 0.507 e. The van der Waals surface area contributed by atoms with Crippen LogP contribution in [0.4, 0.5) is 0 Å². The zero-order valence-electron chi connectivity index (χ0n) is 29.1. The average molecular weight is 668 g/mol. The van der Waals surface area contributed by atoms with Crippen molar-refractivity contribution < 1.29 is 9.84 Å². The number of rotatable bonds is 11. The SMILES string of the molecule is CCCCC(CC)COc1nc(-c2ccc3c(c2)-c2cc4ccccc4cc2C3(c2ccccc2)c2ccccc2)nc(-c2ccccc2O)n1. The Morgan fingerprint density at radius 1 is 0.608 bits per heavy atom. The maximum atomic E-state index is 10.8. The van der Waals surface area contributed by atoms with E-state index in [1.807, 2.05) is 12.1 Å². The van der Waals surface area contributed by atoms with Gasteiger partial charge in [-0.05, 0) is 86.8 Å². The van der Waals surface area contributed by atoms with E-state index in [1.165, 1.54) is 38.6 Å². The first-order valence-electron chi connectivity index (χ1n) is 18.1. The van der Waals surface area contributed by atoms with Crippen LogP contribution in [0.15, 0.2) is 140 Å². The van der Waals surface area contributed by atoms with Crippen molar-refractivity contribution in [2.75, 3.05) is 6.61 Å². The number of nitrogens with zero attached hydrogens (tertiary/aromatic N) is 3. The molecule has 5 nitrogen and oxygen atoms in total. The minimum Gasteiger partial charge on any atom is -0.507 e. The third kappa shape index (κ3) is 5.83. The van der Waals surface area contributed by atoms with Gasteiger partial charge >= 0.3 is 6.01 Å². The summed E-state index contributed by atoms with van der Waals surface area (Å²) in [4.78, 5) is 14.6. The van der Waals surface area contributed by atoms with E-state index >= 15 is 0 Å². The monoisotopic (exact) mass is 667 g/mol. The van der Waals surface area contributed by atoms with Crippen LogP contribution in [0.25, 0.3) is 44.7 Å². The zero-order valence-corrected chi connectivity index (χ0v) is 29.1. The number of phenols is 1. The van der Waals surface area contributed by atoms with Crippen molar-refractivity contribution in [1.29, 1.82) is 0 Å². The van der Waals surface area contributed by atoms with E-state index in [0.717, 1.165) is 36.8 Å². The lowest BCUT2D eigenvalue weighted by Crippen LogP contribution is -2.28. The Hall–Kier alpha value is -5.81. The fourth-order valence-corrected chi connectivity index (χ4v) is 7.74. The molecule has 6 aromatic carbocycles. The molecule has 1 unspecified atom stereocenters. The Balaban J connectivity index is 1.33. The molecule has 1 heterocycles. The number of aromatic hydroxyl groups is 1.